The number of benzene rings is 1. The number of carboxylic acids is 1. The van der Waals surface area contributed by atoms with Gasteiger partial charge in [-0.05, 0) is 31.2 Å². The normalized spacial score (nSPS) is 17.1. The number of aliphatic carboxylic acids is 1. The summed E-state index contributed by atoms with van der Waals surface area (Å²) in [7, 11) is 0. The number of carboxylic acid groups (broad SMARTS) is 1. The number of carbonyl (C=O) groups excluding carboxylic acids is 1. The van der Waals surface area contributed by atoms with Crippen LogP contribution in [0.3, 0.4) is 0 Å². The minimum absolute atomic E-state index is 0.0649. The van der Waals surface area contributed by atoms with Crippen LogP contribution in [0.1, 0.15) is 45.2 Å². The zero-order chi connectivity index (χ0) is 17.0. The van der Waals surface area contributed by atoms with Crippen LogP contribution in [0.4, 0.5) is 0 Å². The standard InChI is InChI=1S/C18H26N2O3/c1-12(2)17(14-7-5-4-6-8-14)19-16(21)11-20(15-9-10-15)13(3)18(22)23/h4-8,12-13,15,17H,9-11H2,1-3H3,(H,19,21)(H,22,23). The highest BCUT2D eigenvalue weighted by Gasteiger charge is 2.36. The van der Waals surface area contributed by atoms with Crippen molar-refractivity contribution < 1.29 is 14.7 Å². The van der Waals surface area contributed by atoms with Crippen molar-refractivity contribution in [2.75, 3.05) is 6.54 Å². The van der Waals surface area contributed by atoms with Gasteiger partial charge in [-0.2, -0.15) is 0 Å². The zero-order valence-corrected chi connectivity index (χ0v) is 14.0. The second-order valence-corrected chi connectivity index (χ2v) is 6.62. The van der Waals surface area contributed by atoms with E-state index in [0.29, 0.717) is 0 Å². The first-order chi connectivity index (χ1) is 10.9. The molecule has 2 N–H and O–H groups in total. The molecule has 1 aromatic carbocycles. The first-order valence-electron chi connectivity index (χ1n) is 8.23. The summed E-state index contributed by atoms with van der Waals surface area (Å²) in [6.45, 7) is 5.91. The summed E-state index contributed by atoms with van der Waals surface area (Å²) in [5.74, 6) is -0.742. The molecule has 1 aliphatic rings. The SMILES string of the molecule is CC(C)C(NC(=O)CN(C1CC1)C(C)C(=O)O)c1ccccc1. The molecule has 0 spiro atoms. The summed E-state index contributed by atoms with van der Waals surface area (Å²) >= 11 is 0. The highest BCUT2D eigenvalue weighted by Crippen LogP contribution is 2.28. The zero-order valence-electron chi connectivity index (χ0n) is 14.0. The smallest absolute Gasteiger partial charge is 0.320 e. The van der Waals surface area contributed by atoms with E-state index in [1.165, 1.54) is 0 Å². The molecule has 0 radical (unpaired) electrons. The predicted molar refractivity (Wildman–Crippen MR) is 89.0 cm³/mol. The Hall–Kier alpha value is -1.88. The number of amides is 1. The van der Waals surface area contributed by atoms with Gasteiger partial charge in [-0.3, -0.25) is 14.5 Å². The van der Waals surface area contributed by atoms with Crippen LogP contribution in [0.15, 0.2) is 30.3 Å². The fourth-order valence-corrected chi connectivity index (χ4v) is 2.81. The van der Waals surface area contributed by atoms with E-state index in [4.69, 9.17) is 0 Å². The maximum atomic E-state index is 12.5. The Balaban J connectivity index is 2.02. The molecule has 1 aliphatic carbocycles. The lowest BCUT2D eigenvalue weighted by atomic mass is 9.96. The Kier molecular flexibility index (Phi) is 5.77. The van der Waals surface area contributed by atoms with Gasteiger partial charge in [-0.1, -0.05) is 44.2 Å². The lowest BCUT2D eigenvalue weighted by Gasteiger charge is -2.28. The summed E-state index contributed by atoms with van der Waals surface area (Å²) in [6.07, 6.45) is 1.94. The van der Waals surface area contributed by atoms with Crippen molar-refractivity contribution in [1.82, 2.24) is 10.2 Å². The maximum Gasteiger partial charge on any atom is 0.320 e. The van der Waals surface area contributed by atoms with Crippen LogP contribution in [0.5, 0.6) is 0 Å². The molecule has 1 amide bonds. The molecule has 1 saturated carbocycles. The van der Waals surface area contributed by atoms with E-state index in [0.717, 1.165) is 18.4 Å². The molecule has 2 atom stereocenters. The largest absolute Gasteiger partial charge is 0.480 e. The Bertz CT molecular complexity index is 540. The third-order valence-corrected chi connectivity index (χ3v) is 4.34. The lowest BCUT2D eigenvalue weighted by Crippen LogP contribution is -2.47. The highest BCUT2D eigenvalue weighted by atomic mass is 16.4. The van der Waals surface area contributed by atoms with Gasteiger partial charge in [-0.25, -0.2) is 0 Å². The minimum Gasteiger partial charge on any atom is -0.480 e. The monoisotopic (exact) mass is 318 g/mol. The Labute approximate surface area is 137 Å². The van der Waals surface area contributed by atoms with Crippen molar-refractivity contribution in [2.24, 2.45) is 5.92 Å². The van der Waals surface area contributed by atoms with Gasteiger partial charge in [0.15, 0.2) is 0 Å². The number of rotatable bonds is 8. The molecule has 1 fully saturated rings. The van der Waals surface area contributed by atoms with Crippen LogP contribution in [0, 0.1) is 5.92 Å². The Morgan fingerprint density at radius 2 is 1.83 bits per heavy atom. The van der Waals surface area contributed by atoms with Crippen LogP contribution in [0.2, 0.25) is 0 Å². The predicted octanol–water partition coefficient (Wildman–Crippen LogP) is 2.44. The molecule has 0 bridgehead atoms. The van der Waals surface area contributed by atoms with Crippen LogP contribution in [-0.2, 0) is 9.59 Å². The van der Waals surface area contributed by atoms with E-state index in [-0.39, 0.29) is 30.5 Å². The molecule has 126 valence electrons. The molecule has 5 nitrogen and oxygen atoms in total. The van der Waals surface area contributed by atoms with Crippen LogP contribution in [0.25, 0.3) is 0 Å². The van der Waals surface area contributed by atoms with E-state index >= 15 is 0 Å². The first-order valence-corrected chi connectivity index (χ1v) is 8.23. The van der Waals surface area contributed by atoms with E-state index in [2.05, 4.69) is 19.2 Å². The lowest BCUT2D eigenvalue weighted by molar-refractivity contribution is -0.143. The van der Waals surface area contributed by atoms with Crippen LogP contribution >= 0.6 is 0 Å². The van der Waals surface area contributed by atoms with E-state index in [9.17, 15) is 14.7 Å². The van der Waals surface area contributed by atoms with Gasteiger partial charge in [0.1, 0.15) is 6.04 Å². The number of nitrogens with one attached hydrogen (secondary N) is 1. The summed E-state index contributed by atoms with van der Waals surface area (Å²) in [5, 5.41) is 12.3. The maximum absolute atomic E-state index is 12.5. The Morgan fingerprint density at radius 3 is 2.30 bits per heavy atom. The molecule has 5 heteroatoms. The molecule has 0 heterocycles. The molecular weight excluding hydrogens is 292 g/mol. The Morgan fingerprint density at radius 1 is 1.22 bits per heavy atom. The average molecular weight is 318 g/mol. The minimum atomic E-state index is -0.881. The third kappa shape index (κ3) is 4.79. The van der Waals surface area contributed by atoms with E-state index in [1.807, 2.05) is 30.3 Å². The van der Waals surface area contributed by atoms with Crippen LogP contribution in [-0.4, -0.2) is 40.5 Å². The second-order valence-electron chi connectivity index (χ2n) is 6.62. The van der Waals surface area contributed by atoms with E-state index in [1.54, 1.807) is 11.8 Å². The molecule has 1 aromatic rings. The quantitative estimate of drug-likeness (QED) is 0.772. The van der Waals surface area contributed by atoms with Crippen molar-refractivity contribution >= 4 is 11.9 Å². The number of carbonyl (C=O) groups is 2. The fourth-order valence-electron chi connectivity index (χ4n) is 2.81. The molecule has 2 rings (SSSR count). The van der Waals surface area contributed by atoms with Crippen molar-refractivity contribution in [3.63, 3.8) is 0 Å². The summed E-state index contributed by atoms with van der Waals surface area (Å²) in [4.78, 5) is 25.5. The number of hydrogen-bond acceptors (Lipinski definition) is 3. The molecule has 23 heavy (non-hydrogen) atoms. The summed E-state index contributed by atoms with van der Waals surface area (Å²) in [5.41, 5.74) is 1.07. The second kappa shape index (κ2) is 7.59. The molecule has 0 saturated heterocycles. The van der Waals surface area contributed by atoms with Crippen LogP contribution < -0.4 is 5.32 Å². The van der Waals surface area contributed by atoms with Gasteiger partial charge >= 0.3 is 5.97 Å². The van der Waals surface area contributed by atoms with Gasteiger partial charge in [0.2, 0.25) is 5.91 Å². The van der Waals surface area contributed by atoms with Gasteiger partial charge in [0, 0.05) is 6.04 Å². The third-order valence-electron chi connectivity index (χ3n) is 4.34. The van der Waals surface area contributed by atoms with Crippen molar-refractivity contribution in [3.05, 3.63) is 35.9 Å². The summed E-state index contributed by atoms with van der Waals surface area (Å²) in [6, 6.07) is 9.40. The van der Waals surface area contributed by atoms with Gasteiger partial charge in [-0.15, -0.1) is 0 Å². The topological polar surface area (TPSA) is 69.6 Å². The molecule has 0 aliphatic heterocycles. The van der Waals surface area contributed by atoms with E-state index < -0.39 is 12.0 Å². The fraction of sp³-hybridized carbons (Fsp3) is 0.556. The molecule has 2 unspecified atom stereocenters. The number of nitrogens with zero attached hydrogens (tertiary/aromatic N) is 1. The van der Waals surface area contributed by atoms with Gasteiger partial charge in [0.05, 0.1) is 12.6 Å². The average Bonchev–Trinajstić information content (AvgIpc) is 3.34. The highest BCUT2D eigenvalue weighted by molar-refractivity contribution is 5.80. The van der Waals surface area contributed by atoms with Crippen molar-refractivity contribution in [2.45, 2.75) is 51.7 Å². The summed E-state index contributed by atoms with van der Waals surface area (Å²) < 4.78 is 0. The first kappa shape index (κ1) is 17.5. The molecule has 0 aromatic heterocycles. The van der Waals surface area contributed by atoms with Gasteiger partial charge < -0.3 is 10.4 Å². The molecular formula is C18H26N2O3. The van der Waals surface area contributed by atoms with Gasteiger partial charge in [0.25, 0.3) is 0 Å². The number of hydrogen-bond donors (Lipinski definition) is 2. The van der Waals surface area contributed by atoms with Crippen molar-refractivity contribution in [1.29, 1.82) is 0 Å². The van der Waals surface area contributed by atoms with Crippen molar-refractivity contribution in [3.8, 4) is 0 Å².